The highest BCUT2D eigenvalue weighted by molar-refractivity contribution is 5.96. The largest absolute Gasteiger partial charge is 0.493 e. The van der Waals surface area contributed by atoms with E-state index < -0.39 is 0 Å². The average molecular weight is 361 g/mol. The fourth-order valence-electron chi connectivity index (χ4n) is 3.45. The lowest BCUT2D eigenvalue weighted by Gasteiger charge is -2.15. The molecule has 0 unspecified atom stereocenters. The van der Waals surface area contributed by atoms with E-state index >= 15 is 0 Å². The summed E-state index contributed by atoms with van der Waals surface area (Å²) in [6, 6.07) is 7.58. The van der Waals surface area contributed by atoms with Crippen LogP contribution < -0.4 is 10.1 Å². The second-order valence-corrected chi connectivity index (χ2v) is 7.27. The molecule has 0 aromatic heterocycles. The van der Waals surface area contributed by atoms with Gasteiger partial charge in [-0.2, -0.15) is 0 Å². The predicted octanol–water partition coefficient (Wildman–Crippen LogP) is 4.64. The molecular weight excluding hydrogens is 324 g/mol. The molecule has 0 bridgehead atoms. The molecule has 146 valence electrons. The number of carbonyl (C=O) groups is 1. The number of hydrogen-bond donors (Lipinski definition) is 1. The molecule has 0 spiro atoms. The van der Waals surface area contributed by atoms with Crippen LogP contribution in [-0.4, -0.2) is 43.6 Å². The second-order valence-electron chi connectivity index (χ2n) is 7.27. The molecule has 4 nitrogen and oxygen atoms in total. The lowest BCUT2D eigenvalue weighted by atomic mass is 10.1. The summed E-state index contributed by atoms with van der Waals surface area (Å²) in [5.41, 5.74) is 0.650. The Bertz CT molecular complexity index is 513. The zero-order valence-corrected chi connectivity index (χ0v) is 16.5. The van der Waals surface area contributed by atoms with Crippen LogP contribution in [0.3, 0.4) is 0 Å². The summed E-state index contributed by atoms with van der Waals surface area (Å²) >= 11 is 0. The zero-order chi connectivity index (χ0) is 18.5. The number of nitrogens with zero attached hydrogens (tertiary/aromatic N) is 1. The van der Waals surface area contributed by atoms with E-state index in [1.54, 1.807) is 0 Å². The van der Waals surface area contributed by atoms with Gasteiger partial charge in [0.25, 0.3) is 5.91 Å². The van der Waals surface area contributed by atoms with Crippen molar-refractivity contribution in [2.24, 2.45) is 0 Å². The maximum atomic E-state index is 12.5. The van der Waals surface area contributed by atoms with Crippen molar-refractivity contribution in [1.82, 2.24) is 10.2 Å². The van der Waals surface area contributed by atoms with Gasteiger partial charge in [-0.25, -0.2) is 0 Å². The van der Waals surface area contributed by atoms with E-state index in [0.717, 1.165) is 26.1 Å². The minimum atomic E-state index is -0.0284. The lowest BCUT2D eigenvalue weighted by molar-refractivity contribution is 0.0945. The molecule has 0 saturated carbocycles. The highest BCUT2D eigenvalue weighted by Gasteiger charge is 2.14. The smallest absolute Gasteiger partial charge is 0.255 e. The molecule has 1 aromatic rings. The maximum absolute atomic E-state index is 12.5. The van der Waals surface area contributed by atoms with E-state index in [-0.39, 0.29) is 5.91 Å². The van der Waals surface area contributed by atoms with Crippen molar-refractivity contribution in [1.29, 1.82) is 0 Å². The molecular formula is C22H36N2O2. The summed E-state index contributed by atoms with van der Waals surface area (Å²) in [5.74, 6) is 0.677. The van der Waals surface area contributed by atoms with Crippen LogP contribution in [0.4, 0.5) is 0 Å². The normalized spacial score (nSPS) is 14.5. The molecule has 1 fully saturated rings. The SMILES string of the molecule is CCCCCCCCCOc1ccccc1C(=O)NCCN1CCCC1. The standard InChI is InChI=1S/C22H36N2O2/c1-2-3-4-5-6-7-12-19-26-21-14-9-8-13-20(21)22(25)23-15-18-24-16-10-11-17-24/h8-9,13-14H,2-7,10-12,15-19H2,1H3,(H,23,25). The van der Waals surface area contributed by atoms with E-state index in [1.165, 1.54) is 51.4 Å². The molecule has 2 rings (SSSR count). The number of carbonyl (C=O) groups excluding carboxylic acids is 1. The Morgan fingerprint density at radius 1 is 1.04 bits per heavy atom. The van der Waals surface area contributed by atoms with E-state index in [9.17, 15) is 4.79 Å². The van der Waals surface area contributed by atoms with Gasteiger partial charge < -0.3 is 15.0 Å². The third-order valence-electron chi connectivity index (χ3n) is 5.05. The van der Waals surface area contributed by atoms with E-state index in [1.807, 2.05) is 24.3 Å². The van der Waals surface area contributed by atoms with E-state index in [4.69, 9.17) is 4.74 Å². The topological polar surface area (TPSA) is 41.6 Å². The maximum Gasteiger partial charge on any atom is 0.255 e. The molecule has 4 heteroatoms. The molecule has 1 aliphatic heterocycles. The summed E-state index contributed by atoms with van der Waals surface area (Å²) in [4.78, 5) is 14.9. The van der Waals surface area contributed by atoms with E-state index in [0.29, 0.717) is 24.5 Å². The number of unbranched alkanes of at least 4 members (excludes halogenated alkanes) is 6. The minimum Gasteiger partial charge on any atom is -0.493 e. The summed E-state index contributed by atoms with van der Waals surface area (Å²) in [6.45, 7) is 6.89. The van der Waals surface area contributed by atoms with Crippen LogP contribution in [0.2, 0.25) is 0 Å². The van der Waals surface area contributed by atoms with Crippen molar-refractivity contribution in [2.45, 2.75) is 64.7 Å². The Morgan fingerprint density at radius 2 is 1.73 bits per heavy atom. The van der Waals surface area contributed by atoms with Gasteiger partial charge in [0.2, 0.25) is 0 Å². The first-order valence-corrected chi connectivity index (χ1v) is 10.5. The molecule has 0 aliphatic carbocycles. The Balaban J connectivity index is 1.66. The highest BCUT2D eigenvalue weighted by Crippen LogP contribution is 2.18. The van der Waals surface area contributed by atoms with Crippen molar-refractivity contribution in [2.75, 3.05) is 32.8 Å². The highest BCUT2D eigenvalue weighted by atomic mass is 16.5. The molecule has 1 N–H and O–H groups in total. The summed E-state index contributed by atoms with van der Waals surface area (Å²) in [7, 11) is 0. The number of rotatable bonds is 13. The zero-order valence-electron chi connectivity index (χ0n) is 16.5. The summed E-state index contributed by atoms with van der Waals surface area (Å²) < 4.78 is 5.89. The van der Waals surface area contributed by atoms with Crippen LogP contribution in [0, 0.1) is 0 Å². The lowest BCUT2D eigenvalue weighted by Crippen LogP contribution is -2.33. The van der Waals surface area contributed by atoms with Crippen molar-refractivity contribution in [3.05, 3.63) is 29.8 Å². The van der Waals surface area contributed by atoms with Gasteiger partial charge in [0.1, 0.15) is 5.75 Å². The van der Waals surface area contributed by atoms with Crippen molar-refractivity contribution in [3.8, 4) is 5.75 Å². The van der Waals surface area contributed by atoms with Crippen molar-refractivity contribution >= 4 is 5.91 Å². The Labute approximate surface area is 159 Å². The van der Waals surface area contributed by atoms with Crippen molar-refractivity contribution in [3.63, 3.8) is 0 Å². The van der Waals surface area contributed by atoms with E-state index in [2.05, 4.69) is 17.1 Å². The Kier molecular flexibility index (Phi) is 10.2. The number of para-hydroxylation sites is 1. The third-order valence-corrected chi connectivity index (χ3v) is 5.05. The quantitative estimate of drug-likeness (QED) is 0.521. The number of likely N-dealkylation sites (tertiary alicyclic amines) is 1. The Hall–Kier alpha value is -1.55. The van der Waals surface area contributed by atoms with Gasteiger partial charge in [0.05, 0.1) is 12.2 Å². The first kappa shape index (κ1) is 20.8. The number of benzene rings is 1. The molecule has 1 saturated heterocycles. The van der Waals surface area contributed by atoms with Crippen LogP contribution >= 0.6 is 0 Å². The predicted molar refractivity (Wildman–Crippen MR) is 108 cm³/mol. The van der Waals surface area contributed by atoms with Crippen LogP contribution in [0.25, 0.3) is 0 Å². The molecule has 1 aromatic carbocycles. The molecule has 0 radical (unpaired) electrons. The minimum absolute atomic E-state index is 0.0284. The number of nitrogens with one attached hydrogen (secondary N) is 1. The van der Waals surface area contributed by atoms with Gasteiger partial charge in [-0.05, 0) is 44.5 Å². The fraction of sp³-hybridized carbons (Fsp3) is 0.682. The first-order valence-electron chi connectivity index (χ1n) is 10.5. The molecule has 1 amide bonds. The summed E-state index contributed by atoms with van der Waals surface area (Å²) in [6.07, 6.45) is 11.4. The number of amides is 1. The molecule has 26 heavy (non-hydrogen) atoms. The van der Waals surface area contributed by atoms with Gasteiger partial charge >= 0.3 is 0 Å². The number of ether oxygens (including phenoxy) is 1. The average Bonchev–Trinajstić information content (AvgIpc) is 3.17. The second kappa shape index (κ2) is 12.7. The van der Waals surface area contributed by atoms with Gasteiger partial charge in [-0.1, -0.05) is 57.6 Å². The first-order chi connectivity index (χ1) is 12.8. The van der Waals surface area contributed by atoms with Gasteiger partial charge in [-0.15, -0.1) is 0 Å². The fourth-order valence-corrected chi connectivity index (χ4v) is 3.45. The Morgan fingerprint density at radius 3 is 2.50 bits per heavy atom. The third kappa shape index (κ3) is 7.77. The van der Waals surface area contributed by atoms with Crippen LogP contribution in [-0.2, 0) is 0 Å². The van der Waals surface area contributed by atoms with Crippen LogP contribution in [0.5, 0.6) is 5.75 Å². The van der Waals surface area contributed by atoms with Crippen LogP contribution in [0.15, 0.2) is 24.3 Å². The van der Waals surface area contributed by atoms with Gasteiger partial charge in [0.15, 0.2) is 0 Å². The summed E-state index contributed by atoms with van der Waals surface area (Å²) in [5, 5.41) is 3.04. The monoisotopic (exact) mass is 360 g/mol. The van der Waals surface area contributed by atoms with Crippen LogP contribution in [0.1, 0.15) is 75.1 Å². The molecule has 1 aliphatic rings. The number of hydrogen-bond acceptors (Lipinski definition) is 3. The molecule has 0 atom stereocenters. The van der Waals surface area contributed by atoms with Gasteiger partial charge in [0, 0.05) is 13.1 Å². The molecule has 1 heterocycles. The van der Waals surface area contributed by atoms with Gasteiger partial charge in [-0.3, -0.25) is 4.79 Å². The van der Waals surface area contributed by atoms with Crippen molar-refractivity contribution < 1.29 is 9.53 Å².